The third-order valence-corrected chi connectivity index (χ3v) is 6.72. The molecule has 1 aliphatic carbocycles. The van der Waals surface area contributed by atoms with Gasteiger partial charge in [-0.25, -0.2) is 4.98 Å². The number of carbonyl (C=O) groups is 1. The van der Waals surface area contributed by atoms with Gasteiger partial charge in [-0.15, -0.1) is 0 Å². The highest BCUT2D eigenvalue weighted by Gasteiger charge is 2.45. The minimum absolute atomic E-state index is 0.0176. The second-order valence-electron chi connectivity index (χ2n) is 8.77. The molecule has 1 aromatic heterocycles. The second-order valence-corrected chi connectivity index (χ2v) is 8.77. The first kappa shape index (κ1) is 18.2. The average molecular weight is 389 g/mol. The summed E-state index contributed by atoms with van der Waals surface area (Å²) in [5.74, 6) is 1.74. The highest BCUT2D eigenvalue weighted by Crippen LogP contribution is 2.50. The van der Waals surface area contributed by atoms with E-state index in [4.69, 9.17) is 9.72 Å². The number of imidazole rings is 1. The van der Waals surface area contributed by atoms with E-state index in [1.807, 2.05) is 24.6 Å². The molecule has 1 unspecified atom stereocenters. The van der Waals surface area contributed by atoms with Crippen molar-refractivity contribution in [1.82, 2.24) is 14.5 Å². The zero-order chi connectivity index (χ0) is 20.5. The number of aromatic nitrogens is 2. The lowest BCUT2D eigenvalue weighted by molar-refractivity contribution is 0.0456. The molecule has 0 N–H and O–H groups in total. The Labute approximate surface area is 171 Å². The van der Waals surface area contributed by atoms with Crippen LogP contribution >= 0.6 is 0 Å². The Balaban J connectivity index is 1.73. The maximum Gasteiger partial charge on any atom is 0.253 e. The van der Waals surface area contributed by atoms with Crippen LogP contribution in [0.1, 0.15) is 51.3 Å². The molecule has 5 rings (SSSR count). The monoisotopic (exact) mass is 389 g/mol. The second kappa shape index (κ2) is 6.09. The molecule has 3 aromatic rings. The van der Waals surface area contributed by atoms with Gasteiger partial charge in [-0.3, -0.25) is 4.79 Å². The van der Waals surface area contributed by atoms with Gasteiger partial charge in [0, 0.05) is 32.3 Å². The summed E-state index contributed by atoms with van der Waals surface area (Å²) in [5.41, 5.74) is 7.23. The van der Waals surface area contributed by atoms with E-state index in [0.717, 1.165) is 59.4 Å². The van der Waals surface area contributed by atoms with E-state index < -0.39 is 0 Å². The van der Waals surface area contributed by atoms with Gasteiger partial charge in [0.1, 0.15) is 16.9 Å². The van der Waals surface area contributed by atoms with Gasteiger partial charge in [0.2, 0.25) is 0 Å². The van der Waals surface area contributed by atoms with E-state index >= 15 is 0 Å². The molecule has 2 aromatic carbocycles. The molecule has 0 saturated heterocycles. The standard InChI is InChI=1S/C24H27N3O2/c1-14-6-7-19-16(12-14)8-10-24(19)11-9-17-18(23(28)26(3)4)13-20-21(22(17)29-24)25-15(2)27(20)5/h6-7,12-13H,8-11H2,1-5H3. The van der Waals surface area contributed by atoms with Gasteiger partial charge >= 0.3 is 0 Å². The number of hydrogen-bond donors (Lipinski definition) is 0. The fourth-order valence-corrected chi connectivity index (χ4v) is 5.02. The zero-order valence-electron chi connectivity index (χ0n) is 17.8. The Bertz CT molecular complexity index is 1170. The lowest BCUT2D eigenvalue weighted by Gasteiger charge is -2.37. The highest BCUT2D eigenvalue weighted by atomic mass is 16.5. The fourth-order valence-electron chi connectivity index (χ4n) is 5.02. The van der Waals surface area contributed by atoms with Crippen LogP contribution in [0.25, 0.3) is 11.0 Å². The topological polar surface area (TPSA) is 47.4 Å². The van der Waals surface area contributed by atoms with Crippen LogP contribution in [0.3, 0.4) is 0 Å². The van der Waals surface area contributed by atoms with Gasteiger partial charge in [-0.1, -0.05) is 23.8 Å². The Morgan fingerprint density at radius 2 is 1.93 bits per heavy atom. The van der Waals surface area contributed by atoms with Crippen molar-refractivity contribution in [1.29, 1.82) is 0 Å². The molecule has 2 aliphatic rings. The van der Waals surface area contributed by atoms with Crippen molar-refractivity contribution in [3.63, 3.8) is 0 Å². The molecular formula is C24H27N3O2. The first-order valence-electron chi connectivity index (χ1n) is 10.3. The number of aryl methyl sites for hydroxylation is 4. The van der Waals surface area contributed by atoms with E-state index in [-0.39, 0.29) is 11.5 Å². The molecule has 1 amide bonds. The summed E-state index contributed by atoms with van der Waals surface area (Å²) in [4.78, 5) is 19.4. The highest BCUT2D eigenvalue weighted by molar-refractivity contribution is 6.01. The van der Waals surface area contributed by atoms with Crippen LogP contribution in [0.2, 0.25) is 0 Å². The van der Waals surface area contributed by atoms with Gasteiger partial charge in [0.25, 0.3) is 5.91 Å². The van der Waals surface area contributed by atoms with Crippen LogP contribution in [0.4, 0.5) is 0 Å². The largest absolute Gasteiger partial charge is 0.480 e. The fraction of sp³-hybridized carbons (Fsp3) is 0.417. The molecule has 5 heteroatoms. The van der Waals surface area contributed by atoms with Gasteiger partial charge in [0.05, 0.1) is 5.52 Å². The average Bonchev–Trinajstić information content (AvgIpc) is 3.18. The quantitative estimate of drug-likeness (QED) is 0.631. The molecule has 1 atom stereocenters. The van der Waals surface area contributed by atoms with Crippen molar-refractivity contribution in [2.45, 2.75) is 45.1 Å². The molecule has 2 heterocycles. The third kappa shape index (κ3) is 2.53. The number of ether oxygens (including phenoxy) is 1. The first-order chi connectivity index (χ1) is 13.8. The van der Waals surface area contributed by atoms with Crippen molar-refractivity contribution in [3.05, 3.63) is 57.9 Å². The molecule has 0 radical (unpaired) electrons. The number of rotatable bonds is 1. The SMILES string of the molecule is Cc1ccc2c(c1)CCC21CCc2c(C(=O)N(C)C)cc3c(nc(C)n3C)c2O1. The van der Waals surface area contributed by atoms with Gasteiger partial charge in [0.15, 0.2) is 5.75 Å². The van der Waals surface area contributed by atoms with Gasteiger partial charge < -0.3 is 14.2 Å². The number of carbonyl (C=O) groups excluding carboxylic acids is 1. The molecule has 1 aliphatic heterocycles. The summed E-state index contributed by atoms with van der Waals surface area (Å²) in [6, 6.07) is 8.69. The van der Waals surface area contributed by atoms with E-state index in [2.05, 4.69) is 25.1 Å². The lowest BCUT2D eigenvalue weighted by Crippen LogP contribution is -2.36. The predicted molar refractivity (Wildman–Crippen MR) is 114 cm³/mol. The Kier molecular flexibility index (Phi) is 3.83. The summed E-state index contributed by atoms with van der Waals surface area (Å²) in [7, 11) is 5.59. The number of amides is 1. The molecule has 5 nitrogen and oxygen atoms in total. The molecular weight excluding hydrogens is 362 g/mol. The first-order valence-corrected chi connectivity index (χ1v) is 10.3. The van der Waals surface area contributed by atoms with Gasteiger partial charge in [-0.2, -0.15) is 0 Å². The molecule has 29 heavy (non-hydrogen) atoms. The molecule has 150 valence electrons. The molecule has 0 bridgehead atoms. The van der Waals surface area contributed by atoms with Crippen molar-refractivity contribution in [2.24, 2.45) is 7.05 Å². The summed E-state index contributed by atoms with van der Waals surface area (Å²) in [6.07, 6.45) is 3.72. The number of fused-ring (bicyclic) bond motifs is 5. The Morgan fingerprint density at radius 3 is 2.69 bits per heavy atom. The molecule has 1 spiro atoms. The summed E-state index contributed by atoms with van der Waals surface area (Å²) >= 11 is 0. The number of nitrogens with zero attached hydrogens (tertiary/aromatic N) is 3. The minimum Gasteiger partial charge on any atom is -0.480 e. The van der Waals surface area contributed by atoms with Crippen LogP contribution in [0.15, 0.2) is 24.3 Å². The van der Waals surface area contributed by atoms with E-state index in [9.17, 15) is 4.79 Å². The zero-order valence-corrected chi connectivity index (χ0v) is 17.8. The van der Waals surface area contributed by atoms with Crippen LogP contribution in [-0.2, 0) is 25.5 Å². The Morgan fingerprint density at radius 1 is 1.17 bits per heavy atom. The van der Waals surface area contributed by atoms with E-state index in [0.29, 0.717) is 0 Å². The minimum atomic E-state index is -0.311. The summed E-state index contributed by atoms with van der Waals surface area (Å²) in [6.45, 7) is 4.13. The van der Waals surface area contributed by atoms with Crippen LogP contribution in [-0.4, -0.2) is 34.5 Å². The maximum absolute atomic E-state index is 13.0. The maximum atomic E-state index is 13.0. The third-order valence-electron chi connectivity index (χ3n) is 6.72. The smallest absolute Gasteiger partial charge is 0.253 e. The van der Waals surface area contributed by atoms with E-state index in [1.54, 1.807) is 19.0 Å². The molecule has 0 saturated carbocycles. The summed E-state index contributed by atoms with van der Waals surface area (Å²) < 4.78 is 8.89. The predicted octanol–water partition coefficient (Wildman–Crippen LogP) is 4.06. The van der Waals surface area contributed by atoms with E-state index in [1.165, 1.54) is 16.7 Å². The van der Waals surface area contributed by atoms with Crippen molar-refractivity contribution in [3.8, 4) is 5.75 Å². The summed E-state index contributed by atoms with van der Waals surface area (Å²) in [5, 5.41) is 0. The van der Waals surface area contributed by atoms with Crippen molar-refractivity contribution < 1.29 is 9.53 Å². The van der Waals surface area contributed by atoms with Crippen LogP contribution < -0.4 is 4.74 Å². The van der Waals surface area contributed by atoms with Crippen molar-refractivity contribution in [2.75, 3.05) is 14.1 Å². The normalized spacial score (nSPS) is 19.9. The van der Waals surface area contributed by atoms with Crippen LogP contribution in [0.5, 0.6) is 5.75 Å². The Hall–Kier alpha value is -2.82. The lowest BCUT2D eigenvalue weighted by atomic mass is 9.84. The van der Waals surface area contributed by atoms with Crippen LogP contribution in [0, 0.1) is 13.8 Å². The van der Waals surface area contributed by atoms with Crippen molar-refractivity contribution >= 4 is 16.9 Å². The van der Waals surface area contributed by atoms with Gasteiger partial charge in [-0.05, 0) is 56.7 Å². The number of benzene rings is 2. The number of hydrogen-bond acceptors (Lipinski definition) is 3. The molecule has 0 fully saturated rings.